The first kappa shape index (κ1) is 86.2. The maximum Gasteiger partial charge on any atom is 0.138 e. The first-order valence-corrected chi connectivity index (χ1v) is 41.6. The highest BCUT2D eigenvalue weighted by molar-refractivity contribution is 7.99. The van der Waals surface area contributed by atoms with Crippen LogP contribution in [0.25, 0.3) is 66.7 Å². The Kier molecular flexibility index (Phi) is 30.7. The molecule has 15 rings (SSSR count). The normalized spacial score (nSPS) is 13.8. The fourth-order valence-electron chi connectivity index (χ4n) is 12.9. The number of fused-ring (bicyclic) bond motifs is 3. The van der Waals surface area contributed by atoms with Gasteiger partial charge in [-0.3, -0.25) is 24.8 Å². The number of aliphatic hydroxyl groups is 3. The molecule has 9 aromatic heterocycles. The van der Waals surface area contributed by atoms with Crippen LogP contribution in [0.4, 0.5) is 0 Å². The number of benzene rings is 3. The lowest BCUT2D eigenvalue weighted by Gasteiger charge is -2.26. The van der Waals surface area contributed by atoms with E-state index in [0.29, 0.717) is 50.5 Å². The number of pyridine rings is 6. The van der Waals surface area contributed by atoms with Gasteiger partial charge in [-0.1, -0.05) is 97.9 Å². The van der Waals surface area contributed by atoms with Gasteiger partial charge in [0.15, 0.2) is 0 Å². The number of nitrogens with one attached hydrogen (secondary N) is 1. The lowest BCUT2D eigenvalue weighted by atomic mass is 10.0. The maximum atomic E-state index is 10.1. The maximum absolute atomic E-state index is 10.1. The third-order valence-corrected chi connectivity index (χ3v) is 22.0. The molecule has 0 bridgehead atoms. The number of aromatic nitrogens is 9. The van der Waals surface area contributed by atoms with Gasteiger partial charge in [-0.2, -0.15) is 31.1 Å². The van der Waals surface area contributed by atoms with Crippen LogP contribution in [0.1, 0.15) is 108 Å². The van der Waals surface area contributed by atoms with E-state index in [1.54, 1.807) is 92.3 Å². The minimum absolute atomic E-state index is 0. The fourth-order valence-corrected chi connectivity index (χ4v) is 15.6. The number of ether oxygens (including phenoxy) is 3. The summed E-state index contributed by atoms with van der Waals surface area (Å²) < 4.78 is 22.4. The molecule has 0 saturated heterocycles. The zero-order valence-corrected chi connectivity index (χ0v) is 69.7. The Morgan fingerprint density at radius 3 is 1.05 bits per heavy atom. The van der Waals surface area contributed by atoms with E-state index in [1.807, 2.05) is 108 Å². The fraction of sp³-hybridized carbons (Fsp3) is 0.308. The second kappa shape index (κ2) is 41.3. The van der Waals surface area contributed by atoms with Crippen molar-refractivity contribution in [1.29, 1.82) is 15.8 Å². The molecule has 0 fully saturated rings. The average molecular weight is 1630 g/mol. The van der Waals surface area contributed by atoms with Crippen molar-refractivity contribution < 1.29 is 29.5 Å². The summed E-state index contributed by atoms with van der Waals surface area (Å²) in [7, 11) is 0. The van der Waals surface area contributed by atoms with E-state index >= 15 is 0 Å². The van der Waals surface area contributed by atoms with Gasteiger partial charge in [0.25, 0.3) is 0 Å². The van der Waals surface area contributed by atoms with E-state index in [-0.39, 0.29) is 32.2 Å². The largest absolute Gasteiger partial charge is 0.489 e. The molecular weight excluding hydrogens is 1530 g/mol. The van der Waals surface area contributed by atoms with Gasteiger partial charge >= 0.3 is 0 Å². The Labute approximate surface area is 697 Å². The number of nitriles is 3. The molecule has 0 amide bonds. The van der Waals surface area contributed by atoms with Gasteiger partial charge in [0.1, 0.15) is 55.3 Å². The Morgan fingerprint density at radius 1 is 0.440 bits per heavy atom. The highest BCUT2D eigenvalue weighted by atomic mass is 35.5. The van der Waals surface area contributed by atoms with Crippen molar-refractivity contribution >= 4 is 81.0 Å². The van der Waals surface area contributed by atoms with Crippen LogP contribution in [0.15, 0.2) is 234 Å². The van der Waals surface area contributed by atoms with E-state index in [9.17, 15) is 31.1 Å². The summed E-state index contributed by atoms with van der Waals surface area (Å²) in [6.45, 7) is 20.6. The van der Waals surface area contributed by atoms with Gasteiger partial charge in [-0.05, 0) is 169 Å². The van der Waals surface area contributed by atoms with Crippen LogP contribution < -0.4 is 19.5 Å². The van der Waals surface area contributed by atoms with Crippen molar-refractivity contribution in [3.63, 3.8) is 0 Å². The van der Waals surface area contributed by atoms with Crippen molar-refractivity contribution in [2.24, 2.45) is 0 Å². The third-order valence-electron chi connectivity index (χ3n) is 18.8. The Hall–Kier alpha value is -10.6. The second-order valence-electron chi connectivity index (χ2n) is 30.0. The molecule has 25 heteroatoms. The molecule has 3 aliphatic rings. The van der Waals surface area contributed by atoms with Crippen molar-refractivity contribution in [1.82, 2.24) is 58.9 Å². The molecule has 21 nitrogen and oxygen atoms in total. The standard InChI is InChI=1S/2C30H31N5O2S.C22H23N5O2.C9H12S.ClH/c2*1-30(2,36)21-37-25-16-27(29-24(17-31)19-33-35(29)20-25)23-8-9-28(32-18-23)22-10-12-34(13-11-22)14-15-38-26-6-4-3-5-7-26;1-22(2,28)14-29-18-9-19(21-17(10-23)12-26-27(21)13-18)16-3-4-20(25-11-16)15-5-7-24-8-6-15;1-2-8-10-9-6-4-3-5-7-9;/h2*3-10,16,18-20,36H,11-15,21H2,1-2H3;3-5,9,11-13,24,28H,6-8,14H2,1-2H3;3-7H,2,8H2,1H3;1H. The SMILES string of the molecule is CC(C)(O)COc1cc(-c2ccc(C3=CCN(CCSc4ccccc4)CC3)nc2)c2c(C#N)cnn2c1.CC(C)(O)COc1cc(-c2ccc(C3=CCN(CCSc4ccccc4)CC3)nc2)c2c(C#N)cnn2c1.CC(C)(O)COc1cc(-c2ccc(C3=CCNCC3)nc2)c2c(C#N)cnn2c1.CCCSc1ccccc1.Cl. The van der Waals surface area contributed by atoms with Crippen LogP contribution in [-0.4, -0.2) is 175 Å². The van der Waals surface area contributed by atoms with E-state index in [0.717, 1.165) is 134 Å². The second-order valence-corrected chi connectivity index (χ2v) is 33.5. The minimum atomic E-state index is -0.968. The molecule has 4 N–H and O–H groups in total. The zero-order valence-electron chi connectivity index (χ0n) is 66.5. The van der Waals surface area contributed by atoms with Gasteiger partial charge in [-0.15, -0.1) is 47.7 Å². The molecule has 12 heterocycles. The number of halogens is 1. The predicted molar refractivity (Wildman–Crippen MR) is 467 cm³/mol. The highest BCUT2D eigenvalue weighted by Gasteiger charge is 2.24. The number of hydrogen-bond acceptors (Lipinski definition) is 21. The number of nitrogens with zero attached hydrogens (tertiary/aromatic N) is 14. The van der Waals surface area contributed by atoms with E-state index in [4.69, 9.17) is 24.2 Å². The molecule has 12 aromatic rings. The van der Waals surface area contributed by atoms with Crippen LogP contribution in [0, 0.1) is 34.0 Å². The Balaban J connectivity index is 0.000000162. The Bertz CT molecular complexity index is 5220. The zero-order chi connectivity index (χ0) is 80.7. The predicted octanol–water partition coefficient (Wildman–Crippen LogP) is 17.0. The molecule has 0 unspecified atom stereocenters. The molecule has 3 aromatic carbocycles. The third kappa shape index (κ3) is 24.5. The molecule has 116 heavy (non-hydrogen) atoms. The lowest BCUT2D eigenvalue weighted by molar-refractivity contribution is 0.0280. The van der Waals surface area contributed by atoms with E-state index in [1.165, 1.54) is 43.6 Å². The summed E-state index contributed by atoms with van der Waals surface area (Å²) in [6, 6.07) is 56.1. The van der Waals surface area contributed by atoms with Crippen LogP contribution in [-0.2, 0) is 0 Å². The molecule has 0 atom stereocenters. The summed E-state index contributed by atoms with van der Waals surface area (Å²) in [5.41, 5.74) is 12.4. The molecule has 0 radical (unpaired) electrons. The molecule has 0 spiro atoms. The molecule has 598 valence electrons. The van der Waals surface area contributed by atoms with Crippen molar-refractivity contribution in [2.75, 3.05) is 89.4 Å². The Morgan fingerprint density at radius 2 is 0.776 bits per heavy atom. The first-order valence-electron chi connectivity index (χ1n) is 38.6. The van der Waals surface area contributed by atoms with Crippen LogP contribution in [0.5, 0.6) is 17.2 Å². The topological polar surface area (TPSA) is 269 Å². The average Bonchev–Trinajstić information content (AvgIpc) is 1.62. The van der Waals surface area contributed by atoms with Gasteiger partial charge in [-0.25, -0.2) is 13.5 Å². The van der Waals surface area contributed by atoms with Crippen molar-refractivity contribution in [3.05, 3.63) is 253 Å². The van der Waals surface area contributed by atoms with E-state index < -0.39 is 16.8 Å². The lowest BCUT2D eigenvalue weighted by Crippen LogP contribution is -2.30. The molecule has 0 aliphatic carbocycles. The van der Waals surface area contributed by atoms with Gasteiger partial charge in [0, 0.05) is 124 Å². The monoisotopic (exact) mass is 1630 g/mol. The molecular formula is C91H98ClN15O6S3. The summed E-state index contributed by atoms with van der Waals surface area (Å²) in [5, 5.41) is 75.1. The summed E-state index contributed by atoms with van der Waals surface area (Å²) in [6.07, 6.45) is 26.2. The molecule has 3 aliphatic heterocycles. The minimum Gasteiger partial charge on any atom is -0.489 e. The number of rotatable bonds is 26. The highest BCUT2D eigenvalue weighted by Crippen LogP contribution is 2.37. The van der Waals surface area contributed by atoms with Gasteiger partial charge in [0.05, 0.1) is 104 Å². The van der Waals surface area contributed by atoms with Crippen LogP contribution in [0.3, 0.4) is 0 Å². The smallest absolute Gasteiger partial charge is 0.138 e. The van der Waals surface area contributed by atoms with Crippen molar-refractivity contribution in [2.45, 2.75) is 106 Å². The van der Waals surface area contributed by atoms with Gasteiger partial charge in [0.2, 0.25) is 0 Å². The van der Waals surface area contributed by atoms with Crippen LogP contribution >= 0.6 is 47.7 Å². The number of thioether (sulfide) groups is 3. The summed E-state index contributed by atoms with van der Waals surface area (Å²) >= 11 is 5.72. The first-order chi connectivity index (χ1) is 55.7. The van der Waals surface area contributed by atoms with Crippen LogP contribution in [0.2, 0.25) is 0 Å². The van der Waals surface area contributed by atoms with Crippen molar-refractivity contribution in [3.8, 4) is 68.8 Å². The van der Waals surface area contributed by atoms with Gasteiger partial charge < -0.3 is 34.8 Å². The quantitative estimate of drug-likeness (QED) is 0.0367. The number of hydrogen-bond donors (Lipinski definition) is 4. The van der Waals surface area contributed by atoms with E-state index in [2.05, 4.69) is 170 Å². The summed E-state index contributed by atoms with van der Waals surface area (Å²) in [5.74, 6) is 5.06. The summed E-state index contributed by atoms with van der Waals surface area (Å²) in [4.78, 5) is 23.2. The molecule has 0 saturated carbocycles.